The molecule has 7 nitrogen and oxygen atoms in total. The second-order valence-corrected chi connectivity index (χ2v) is 8.77. The van der Waals surface area contributed by atoms with Crippen molar-refractivity contribution in [3.63, 3.8) is 0 Å². The first-order valence-corrected chi connectivity index (χ1v) is 9.33. The van der Waals surface area contributed by atoms with E-state index in [1.165, 1.54) is 0 Å². The number of imide groups is 1. The third-order valence-corrected chi connectivity index (χ3v) is 7.93. The summed E-state index contributed by atoms with van der Waals surface area (Å²) in [5.74, 6) is -2.69. The average molecular weight is 364 g/mol. The van der Waals surface area contributed by atoms with Gasteiger partial charge in [-0.1, -0.05) is 28.7 Å². The number of carbonyl (C=O) groups is 3. The minimum atomic E-state index is -1.17. The maximum Gasteiger partial charge on any atom is 0.323 e. The predicted molar refractivity (Wildman–Crippen MR) is 85.5 cm³/mol. The Morgan fingerprint density at radius 1 is 1.29 bits per heavy atom. The normalized spacial score (nSPS) is 35.8. The number of aromatic amines is 1. The van der Waals surface area contributed by atoms with Gasteiger partial charge in [-0.05, 0) is 24.3 Å². The molecule has 4 aliphatic rings. The largest absolute Gasteiger partial charge is 0.480 e. The Balaban J connectivity index is 1.55. The summed E-state index contributed by atoms with van der Waals surface area (Å²) in [5.41, 5.74) is 1.13. The first kappa shape index (κ1) is 14.5. The van der Waals surface area contributed by atoms with Gasteiger partial charge in [0.15, 0.2) is 0 Å². The van der Waals surface area contributed by atoms with Crippen LogP contribution in [-0.2, 0) is 14.4 Å². The maximum absolute atomic E-state index is 12.6. The van der Waals surface area contributed by atoms with E-state index in [0.29, 0.717) is 0 Å². The maximum atomic E-state index is 12.6. The highest BCUT2D eigenvalue weighted by Gasteiger charge is 2.66. The van der Waals surface area contributed by atoms with Gasteiger partial charge in [-0.15, -0.1) is 0 Å². The third-order valence-electron chi connectivity index (χ3n) is 5.53. The van der Waals surface area contributed by atoms with Crippen molar-refractivity contribution < 1.29 is 19.5 Å². The topological polar surface area (TPSA) is 108 Å². The number of amides is 2. The summed E-state index contributed by atoms with van der Waals surface area (Å²) in [7, 11) is 0. The predicted octanol–water partition coefficient (Wildman–Crippen LogP) is 0.630. The van der Waals surface area contributed by atoms with Crippen LogP contribution in [0, 0.1) is 23.7 Å². The van der Waals surface area contributed by atoms with Gasteiger partial charge in [0.1, 0.15) is 6.54 Å². The second-order valence-electron chi connectivity index (χ2n) is 6.60. The number of H-pyrrole nitrogens is 1. The van der Waals surface area contributed by atoms with Gasteiger partial charge in [0.05, 0.1) is 21.7 Å². The van der Waals surface area contributed by atoms with Crippen LogP contribution in [0.2, 0.25) is 0 Å². The van der Waals surface area contributed by atoms with Gasteiger partial charge >= 0.3 is 10.8 Å². The fourth-order valence-corrected chi connectivity index (χ4v) is 7.21. The molecule has 0 aromatic carbocycles. The summed E-state index contributed by atoms with van der Waals surface area (Å²) in [6.45, 7) is -0.554. The summed E-state index contributed by atoms with van der Waals surface area (Å²) in [5, 5.41) is 9.88. The molecule has 1 saturated heterocycles. The number of nitrogens with zero attached hydrogens (tertiary/aromatic N) is 1. The number of hydrogen-bond acceptors (Lipinski definition) is 6. The van der Waals surface area contributed by atoms with Gasteiger partial charge in [-0.25, -0.2) is 0 Å². The van der Waals surface area contributed by atoms with Crippen LogP contribution in [0.4, 0.5) is 0 Å². The Morgan fingerprint density at radius 2 is 2.04 bits per heavy atom. The minimum absolute atomic E-state index is 0.0157. The highest BCUT2D eigenvalue weighted by Crippen LogP contribution is 2.64. The zero-order valence-corrected chi connectivity index (χ0v) is 13.9. The Kier molecular flexibility index (Phi) is 2.78. The van der Waals surface area contributed by atoms with Gasteiger partial charge in [0.25, 0.3) is 0 Å². The van der Waals surface area contributed by atoms with Crippen molar-refractivity contribution in [2.24, 2.45) is 23.7 Å². The minimum Gasteiger partial charge on any atom is -0.480 e. The first-order chi connectivity index (χ1) is 11.5. The SMILES string of the molecule is O=C(O)CN1C(=O)[C@H]2[C@H]3C[C@@H](C4=Cc5sc(=O)[nH]c5S[C@H]43)[C@H]2C1=O. The molecule has 3 heterocycles. The lowest BCUT2D eigenvalue weighted by Gasteiger charge is -2.32. The molecule has 0 spiro atoms. The lowest BCUT2D eigenvalue weighted by Crippen LogP contribution is -2.37. The van der Waals surface area contributed by atoms with E-state index in [2.05, 4.69) is 4.98 Å². The summed E-state index contributed by atoms with van der Waals surface area (Å²) in [6.07, 6.45) is 2.79. The van der Waals surface area contributed by atoms with Gasteiger partial charge in [0.2, 0.25) is 11.8 Å². The van der Waals surface area contributed by atoms with E-state index >= 15 is 0 Å². The number of aromatic nitrogens is 1. The molecule has 2 bridgehead atoms. The average Bonchev–Trinajstić information content (AvgIpc) is 3.21. The van der Waals surface area contributed by atoms with Crippen molar-refractivity contribution in [1.82, 2.24) is 9.88 Å². The van der Waals surface area contributed by atoms with Crippen LogP contribution in [0.3, 0.4) is 0 Å². The molecule has 5 rings (SSSR count). The number of hydrogen-bond donors (Lipinski definition) is 2. The van der Waals surface area contributed by atoms with Gasteiger partial charge in [-0.2, -0.15) is 0 Å². The molecule has 5 atom stereocenters. The molecule has 3 fully saturated rings. The molecule has 2 saturated carbocycles. The molecule has 124 valence electrons. The number of fused-ring (bicyclic) bond motifs is 9. The monoisotopic (exact) mass is 364 g/mol. The van der Waals surface area contributed by atoms with E-state index in [9.17, 15) is 19.2 Å². The van der Waals surface area contributed by atoms with Crippen molar-refractivity contribution in [2.75, 3.05) is 6.54 Å². The number of thiazole rings is 1. The molecule has 0 unspecified atom stereocenters. The van der Waals surface area contributed by atoms with E-state index in [0.717, 1.165) is 38.1 Å². The number of nitrogens with one attached hydrogen (secondary N) is 1. The summed E-state index contributed by atoms with van der Waals surface area (Å²) < 4.78 is 0. The molecule has 2 aliphatic heterocycles. The van der Waals surface area contributed by atoms with E-state index in [1.807, 2.05) is 6.08 Å². The van der Waals surface area contributed by atoms with Crippen molar-refractivity contribution in [1.29, 1.82) is 0 Å². The van der Waals surface area contributed by atoms with E-state index in [4.69, 9.17) is 5.11 Å². The zero-order chi connectivity index (χ0) is 16.7. The van der Waals surface area contributed by atoms with Crippen molar-refractivity contribution in [3.8, 4) is 0 Å². The van der Waals surface area contributed by atoms with Crippen LogP contribution in [0.5, 0.6) is 0 Å². The molecule has 0 radical (unpaired) electrons. The van der Waals surface area contributed by atoms with Crippen LogP contribution in [0.1, 0.15) is 11.3 Å². The highest BCUT2D eigenvalue weighted by molar-refractivity contribution is 8.00. The first-order valence-electron chi connectivity index (χ1n) is 7.64. The number of carboxylic acids is 1. The van der Waals surface area contributed by atoms with Crippen LogP contribution in [-0.4, -0.2) is 44.6 Å². The number of carbonyl (C=O) groups excluding carboxylic acids is 2. The van der Waals surface area contributed by atoms with Crippen molar-refractivity contribution >= 4 is 47.0 Å². The fraction of sp³-hybridized carbons (Fsp3) is 0.467. The summed E-state index contributed by atoms with van der Waals surface area (Å²) >= 11 is 2.72. The van der Waals surface area contributed by atoms with E-state index in [-0.39, 0.29) is 33.8 Å². The number of thioether (sulfide) groups is 1. The van der Waals surface area contributed by atoms with Crippen molar-refractivity contribution in [3.05, 3.63) is 20.1 Å². The van der Waals surface area contributed by atoms with Crippen LogP contribution >= 0.6 is 23.1 Å². The molecule has 1 aromatic rings. The Labute approximate surface area is 143 Å². The molecule has 1 aromatic heterocycles. The number of likely N-dealkylation sites (tertiary alicyclic amines) is 1. The summed E-state index contributed by atoms with van der Waals surface area (Å²) in [4.78, 5) is 52.2. The third kappa shape index (κ3) is 1.68. The molecular weight excluding hydrogens is 352 g/mol. The number of rotatable bonds is 2. The molecule has 2 aliphatic carbocycles. The van der Waals surface area contributed by atoms with Crippen LogP contribution < -0.4 is 4.87 Å². The zero-order valence-electron chi connectivity index (χ0n) is 12.2. The quantitative estimate of drug-likeness (QED) is 0.746. The molecule has 2 amide bonds. The smallest absolute Gasteiger partial charge is 0.323 e. The summed E-state index contributed by atoms with van der Waals surface area (Å²) in [6, 6.07) is 0. The van der Waals surface area contributed by atoms with E-state index < -0.39 is 24.3 Å². The number of aliphatic carboxylic acids is 1. The van der Waals surface area contributed by atoms with Crippen LogP contribution in [0.15, 0.2) is 15.4 Å². The fourth-order valence-electron chi connectivity index (χ4n) is 4.77. The Hall–Kier alpha value is -1.87. The van der Waals surface area contributed by atoms with Gasteiger partial charge < -0.3 is 10.1 Å². The van der Waals surface area contributed by atoms with Crippen LogP contribution in [0.25, 0.3) is 6.08 Å². The number of carboxylic acid groups (broad SMARTS) is 1. The molecule has 2 N–H and O–H groups in total. The Bertz CT molecular complexity index is 900. The van der Waals surface area contributed by atoms with Gasteiger partial charge in [0, 0.05) is 5.25 Å². The van der Waals surface area contributed by atoms with E-state index in [1.54, 1.807) is 11.8 Å². The highest BCUT2D eigenvalue weighted by atomic mass is 32.2. The molecular formula is C15H12N2O5S2. The lowest BCUT2D eigenvalue weighted by molar-refractivity contribution is -0.149. The van der Waals surface area contributed by atoms with Crippen molar-refractivity contribution in [2.45, 2.75) is 16.7 Å². The standard InChI is InChI=1S/C15H12N2O5S2/c18-8(19)3-17-13(20)9-4-1-6(10(9)14(17)21)11-5(4)2-7-12(24-11)16-15(22)23-7/h2,4,6,9-11H,1,3H2,(H,16,22)(H,18,19)/t4-,6+,9+,10-,11+/m0/s1. The second kappa shape index (κ2) is 4.60. The van der Waals surface area contributed by atoms with Gasteiger partial charge in [-0.3, -0.25) is 24.1 Å². The molecule has 24 heavy (non-hydrogen) atoms. The Morgan fingerprint density at radius 3 is 2.79 bits per heavy atom. The lowest BCUT2D eigenvalue weighted by atomic mass is 9.77. The molecule has 9 heteroatoms.